The fourth-order valence-electron chi connectivity index (χ4n) is 4.84. The van der Waals surface area contributed by atoms with Crippen molar-refractivity contribution in [2.45, 2.75) is 8.45 Å². The molecular weight excluding hydrogens is 398 g/mol. The number of fused-ring (bicyclic) bond motifs is 6. The van der Waals surface area contributed by atoms with E-state index in [1.54, 1.807) is 22.3 Å². The van der Waals surface area contributed by atoms with Crippen LogP contribution in [0.25, 0.3) is 22.3 Å². The molecule has 0 aromatic heterocycles. The van der Waals surface area contributed by atoms with E-state index in [1.165, 1.54) is 22.3 Å². The Morgan fingerprint density at radius 1 is 0.379 bits per heavy atom. The zero-order valence-electron chi connectivity index (χ0n) is 15.6. The van der Waals surface area contributed by atoms with Crippen LogP contribution in [0.15, 0.2) is 97.1 Å². The van der Waals surface area contributed by atoms with Crippen LogP contribution in [0.4, 0.5) is 0 Å². The molecule has 0 aliphatic heterocycles. The summed E-state index contributed by atoms with van der Waals surface area (Å²) in [5.74, 6) is 0. The summed E-state index contributed by atoms with van der Waals surface area (Å²) >= 11 is -0.311. The van der Waals surface area contributed by atoms with E-state index >= 15 is 0 Å². The van der Waals surface area contributed by atoms with Gasteiger partial charge in [0.05, 0.1) is 0 Å². The third-order valence-electron chi connectivity index (χ3n) is 6.00. The van der Waals surface area contributed by atoms with Gasteiger partial charge in [0.1, 0.15) is 0 Å². The van der Waals surface area contributed by atoms with Crippen molar-refractivity contribution in [1.82, 2.24) is 0 Å². The van der Waals surface area contributed by atoms with E-state index in [0.29, 0.717) is 8.45 Å². The summed E-state index contributed by atoms with van der Waals surface area (Å²) < 4.78 is 1.17. The van der Waals surface area contributed by atoms with Gasteiger partial charge in [0.15, 0.2) is 0 Å². The quantitative estimate of drug-likeness (QED) is 0.421. The molecule has 6 rings (SSSR count). The average molecular weight is 416 g/mol. The summed E-state index contributed by atoms with van der Waals surface area (Å²) in [7, 11) is 0. The van der Waals surface area contributed by atoms with Gasteiger partial charge in [-0.05, 0) is 0 Å². The van der Waals surface area contributed by atoms with Crippen molar-refractivity contribution in [2.75, 3.05) is 0 Å². The molecule has 3 heteroatoms. The Bertz CT molecular complexity index is 1000. The number of halogens is 2. The van der Waals surface area contributed by atoms with Crippen molar-refractivity contribution in [3.8, 4) is 22.3 Å². The molecule has 0 N–H and O–H groups in total. The molecular formula is C26H18F2Ti. The minimum absolute atomic E-state index is 0. The zero-order valence-corrected chi connectivity index (χ0v) is 17.2. The Morgan fingerprint density at radius 3 is 0.897 bits per heavy atom. The monoisotopic (exact) mass is 416 g/mol. The van der Waals surface area contributed by atoms with Crippen LogP contribution in [0.5, 0.6) is 0 Å². The maximum atomic E-state index is 2.36. The van der Waals surface area contributed by atoms with Gasteiger partial charge in [-0.2, -0.15) is 0 Å². The zero-order chi connectivity index (χ0) is 17.8. The summed E-state index contributed by atoms with van der Waals surface area (Å²) in [6, 6.07) is 36.2. The first-order valence-corrected chi connectivity index (χ1v) is 11.3. The molecule has 0 heterocycles. The van der Waals surface area contributed by atoms with Crippen LogP contribution in [-0.2, 0) is 19.2 Å². The normalized spacial score (nSPS) is 13.2. The van der Waals surface area contributed by atoms with Crippen LogP contribution in [-0.4, -0.2) is 0 Å². The molecule has 0 bridgehead atoms. The second-order valence-corrected chi connectivity index (χ2v) is 9.71. The first kappa shape index (κ1) is 19.8. The molecule has 0 nitrogen and oxygen atoms in total. The van der Waals surface area contributed by atoms with Crippen molar-refractivity contribution in [3.05, 3.63) is 119 Å². The maximum absolute atomic E-state index is 2.36. The molecule has 2 aliphatic carbocycles. The van der Waals surface area contributed by atoms with Gasteiger partial charge in [0, 0.05) is 0 Å². The molecule has 4 aromatic carbocycles. The molecule has 0 saturated heterocycles. The topological polar surface area (TPSA) is 0 Å². The third-order valence-corrected chi connectivity index (χ3v) is 8.98. The Balaban J connectivity index is 0.00000102. The van der Waals surface area contributed by atoms with Crippen LogP contribution in [0.3, 0.4) is 0 Å². The van der Waals surface area contributed by atoms with E-state index in [0.717, 1.165) is 0 Å². The molecule has 0 unspecified atom stereocenters. The first-order valence-electron chi connectivity index (χ1n) is 9.54. The fourth-order valence-corrected chi connectivity index (χ4v) is 8.05. The van der Waals surface area contributed by atoms with Crippen LogP contribution >= 0.6 is 0 Å². The van der Waals surface area contributed by atoms with Gasteiger partial charge in [-0.1, -0.05) is 0 Å². The van der Waals surface area contributed by atoms with Gasteiger partial charge in [-0.25, -0.2) is 0 Å². The molecule has 0 amide bonds. The van der Waals surface area contributed by atoms with Gasteiger partial charge in [-0.3, -0.25) is 0 Å². The molecule has 29 heavy (non-hydrogen) atoms. The first-order chi connectivity index (χ1) is 13.4. The molecule has 0 atom stereocenters. The Labute approximate surface area is 178 Å². The van der Waals surface area contributed by atoms with Crippen molar-refractivity contribution < 1.29 is 28.6 Å². The summed E-state index contributed by atoms with van der Waals surface area (Å²) in [4.78, 5) is 0. The molecule has 0 radical (unpaired) electrons. The number of benzene rings is 4. The summed E-state index contributed by atoms with van der Waals surface area (Å²) in [5, 5.41) is 0. The Morgan fingerprint density at radius 2 is 0.621 bits per heavy atom. The molecule has 0 spiro atoms. The second kappa shape index (κ2) is 7.70. The van der Waals surface area contributed by atoms with Crippen LogP contribution in [0.2, 0.25) is 0 Å². The summed E-state index contributed by atoms with van der Waals surface area (Å²) in [6.07, 6.45) is 0. The average Bonchev–Trinajstić information content (AvgIpc) is 3.23. The summed E-state index contributed by atoms with van der Waals surface area (Å²) in [5.41, 5.74) is 12.0. The third kappa shape index (κ3) is 2.90. The number of rotatable bonds is 2. The van der Waals surface area contributed by atoms with E-state index in [-0.39, 0.29) is 28.6 Å². The molecule has 0 saturated carbocycles. The fraction of sp³-hybridized carbons (Fsp3) is 0.0769. The Hall–Kier alpha value is -2.55. The van der Waals surface area contributed by atoms with Gasteiger partial charge in [0.25, 0.3) is 0 Å². The van der Waals surface area contributed by atoms with Crippen LogP contribution in [0, 0.1) is 0 Å². The van der Waals surface area contributed by atoms with Crippen molar-refractivity contribution >= 4 is 0 Å². The number of hydrogen-bond donors (Lipinski definition) is 0. The van der Waals surface area contributed by atoms with Crippen molar-refractivity contribution in [1.29, 1.82) is 0 Å². The predicted molar refractivity (Wildman–Crippen MR) is 107 cm³/mol. The van der Waals surface area contributed by atoms with E-state index < -0.39 is 0 Å². The predicted octanol–water partition coefficient (Wildman–Crippen LogP) is 0.617. The SMILES string of the molecule is [F-].[F-].c1ccc2c(c1)-c1ccccc1[CH]2[Ti+2][CH]1c2ccccc2-c2ccccc21. The summed E-state index contributed by atoms with van der Waals surface area (Å²) in [6.45, 7) is 0. The minimum atomic E-state index is -0.311. The second-order valence-electron chi connectivity index (χ2n) is 7.38. The van der Waals surface area contributed by atoms with Gasteiger partial charge >= 0.3 is 169 Å². The van der Waals surface area contributed by atoms with Gasteiger partial charge < -0.3 is 9.41 Å². The Kier molecular flexibility index (Phi) is 5.25. The van der Waals surface area contributed by atoms with Gasteiger partial charge in [0.2, 0.25) is 0 Å². The number of hydrogen-bond acceptors (Lipinski definition) is 0. The molecule has 4 aromatic rings. The van der Waals surface area contributed by atoms with Crippen molar-refractivity contribution in [3.63, 3.8) is 0 Å². The van der Waals surface area contributed by atoms with E-state index in [4.69, 9.17) is 0 Å². The molecule has 2 aliphatic rings. The van der Waals surface area contributed by atoms with E-state index in [1.807, 2.05) is 0 Å². The van der Waals surface area contributed by atoms with E-state index in [9.17, 15) is 0 Å². The standard InChI is InChI=1S/2C13H9.2FH.Ti/c2*1-3-7-12-10(5-1)9-11-6-2-4-8-13(11)12;;;/h2*1-9H;2*1H;/q;;;;+2/p-2. The van der Waals surface area contributed by atoms with Crippen LogP contribution < -0.4 is 9.41 Å². The van der Waals surface area contributed by atoms with E-state index in [2.05, 4.69) is 97.1 Å². The van der Waals surface area contributed by atoms with Crippen molar-refractivity contribution in [2.24, 2.45) is 0 Å². The molecule has 140 valence electrons. The van der Waals surface area contributed by atoms with Crippen LogP contribution in [0.1, 0.15) is 30.7 Å². The van der Waals surface area contributed by atoms with Gasteiger partial charge in [-0.15, -0.1) is 0 Å². The molecule has 0 fully saturated rings.